The molecular weight excluding hydrogens is 200 g/mol. The van der Waals surface area contributed by atoms with E-state index < -0.39 is 0 Å². The Balaban J connectivity index is 1.98. The predicted molar refractivity (Wildman–Crippen MR) is 61.7 cm³/mol. The van der Waals surface area contributed by atoms with Crippen molar-refractivity contribution < 1.29 is 5.11 Å². The van der Waals surface area contributed by atoms with Crippen molar-refractivity contribution in [1.29, 1.82) is 5.26 Å². The Morgan fingerprint density at radius 2 is 2.25 bits per heavy atom. The van der Waals surface area contributed by atoms with Crippen molar-refractivity contribution in [2.45, 2.75) is 38.0 Å². The number of nitrogens with one attached hydrogen (secondary N) is 1. The predicted octanol–water partition coefficient (Wildman–Crippen LogP) is 1.73. The fourth-order valence-electron chi connectivity index (χ4n) is 2.05. The molecule has 0 aromatic heterocycles. The van der Waals surface area contributed by atoms with Crippen LogP contribution in [0.15, 0.2) is 24.3 Å². The molecule has 84 valence electrons. The van der Waals surface area contributed by atoms with Crippen molar-refractivity contribution in [3.05, 3.63) is 35.4 Å². The van der Waals surface area contributed by atoms with Gasteiger partial charge in [0.1, 0.15) is 0 Å². The van der Waals surface area contributed by atoms with E-state index in [9.17, 15) is 5.11 Å². The van der Waals surface area contributed by atoms with Crippen LogP contribution in [-0.4, -0.2) is 17.3 Å². The molecule has 2 N–H and O–H groups in total. The third-order valence-corrected chi connectivity index (χ3v) is 3.11. The molecule has 1 saturated carbocycles. The summed E-state index contributed by atoms with van der Waals surface area (Å²) in [6.07, 6.45) is 1.54. The first-order valence-corrected chi connectivity index (χ1v) is 5.63. The Morgan fingerprint density at radius 3 is 2.88 bits per heavy atom. The smallest absolute Gasteiger partial charge is 0.0991 e. The number of aliphatic hydroxyl groups excluding tert-OH is 1. The highest BCUT2D eigenvalue weighted by Crippen LogP contribution is 2.23. The molecule has 3 nitrogen and oxygen atoms in total. The van der Waals surface area contributed by atoms with Crippen LogP contribution in [0.5, 0.6) is 0 Å². The number of nitriles is 1. The molecular formula is C13H16N2O. The number of hydrogen-bond acceptors (Lipinski definition) is 3. The van der Waals surface area contributed by atoms with Gasteiger partial charge in [0.2, 0.25) is 0 Å². The van der Waals surface area contributed by atoms with E-state index in [1.54, 1.807) is 0 Å². The van der Waals surface area contributed by atoms with Gasteiger partial charge >= 0.3 is 0 Å². The maximum Gasteiger partial charge on any atom is 0.0991 e. The highest BCUT2D eigenvalue weighted by atomic mass is 16.3. The second-order valence-corrected chi connectivity index (χ2v) is 4.45. The molecule has 0 spiro atoms. The first kappa shape index (κ1) is 11.1. The van der Waals surface area contributed by atoms with E-state index in [-0.39, 0.29) is 12.1 Å². The van der Waals surface area contributed by atoms with Crippen LogP contribution in [0.4, 0.5) is 0 Å². The second kappa shape index (κ2) is 4.65. The average Bonchev–Trinajstić information content (AvgIpc) is 2.27. The van der Waals surface area contributed by atoms with Crippen molar-refractivity contribution >= 4 is 0 Å². The van der Waals surface area contributed by atoms with Crippen LogP contribution in [0, 0.1) is 11.3 Å². The lowest BCUT2D eigenvalue weighted by molar-refractivity contribution is 0.0586. The topological polar surface area (TPSA) is 56.0 Å². The van der Waals surface area contributed by atoms with Gasteiger partial charge in [-0.3, -0.25) is 0 Å². The Kier molecular flexibility index (Phi) is 3.23. The number of rotatable bonds is 3. The highest BCUT2D eigenvalue weighted by Gasteiger charge is 2.28. The van der Waals surface area contributed by atoms with E-state index in [2.05, 4.69) is 18.3 Å². The van der Waals surface area contributed by atoms with Gasteiger partial charge < -0.3 is 10.4 Å². The maximum atomic E-state index is 9.20. The van der Waals surface area contributed by atoms with Crippen LogP contribution in [0.25, 0.3) is 0 Å². The molecule has 0 aliphatic heterocycles. The van der Waals surface area contributed by atoms with Crippen LogP contribution in [-0.2, 0) is 0 Å². The van der Waals surface area contributed by atoms with Gasteiger partial charge in [0.05, 0.1) is 17.7 Å². The molecule has 1 fully saturated rings. The zero-order chi connectivity index (χ0) is 11.5. The second-order valence-electron chi connectivity index (χ2n) is 4.45. The summed E-state index contributed by atoms with van der Waals surface area (Å²) in [7, 11) is 0. The summed E-state index contributed by atoms with van der Waals surface area (Å²) in [6.45, 7) is 2.08. The molecule has 16 heavy (non-hydrogen) atoms. The van der Waals surface area contributed by atoms with E-state index in [0.29, 0.717) is 11.6 Å². The van der Waals surface area contributed by atoms with Gasteiger partial charge in [-0.15, -0.1) is 0 Å². The molecule has 1 aromatic carbocycles. The Labute approximate surface area is 95.7 Å². The molecule has 3 heteroatoms. The van der Waals surface area contributed by atoms with Crippen molar-refractivity contribution in [1.82, 2.24) is 5.32 Å². The van der Waals surface area contributed by atoms with E-state index in [1.807, 2.05) is 24.3 Å². The first-order valence-electron chi connectivity index (χ1n) is 5.63. The minimum Gasteiger partial charge on any atom is -0.393 e. The molecule has 0 amide bonds. The minimum absolute atomic E-state index is 0.129. The molecule has 1 aliphatic rings. The molecule has 1 aromatic rings. The SMILES string of the molecule is CC(NC1CC(O)C1)c1cccc(C#N)c1. The molecule has 0 saturated heterocycles. The number of aliphatic hydroxyl groups is 1. The summed E-state index contributed by atoms with van der Waals surface area (Å²) in [4.78, 5) is 0. The molecule has 0 heterocycles. The van der Waals surface area contributed by atoms with Crippen LogP contribution < -0.4 is 5.32 Å². The van der Waals surface area contributed by atoms with Crippen LogP contribution in [0.2, 0.25) is 0 Å². The van der Waals surface area contributed by atoms with E-state index in [4.69, 9.17) is 5.26 Å². The molecule has 1 atom stereocenters. The van der Waals surface area contributed by atoms with Gasteiger partial charge in [-0.2, -0.15) is 5.26 Å². The number of nitrogens with zero attached hydrogens (tertiary/aromatic N) is 1. The van der Waals surface area contributed by atoms with Gasteiger partial charge in [0.25, 0.3) is 0 Å². The zero-order valence-corrected chi connectivity index (χ0v) is 9.35. The molecule has 0 bridgehead atoms. The Bertz CT molecular complexity index is 405. The first-order chi connectivity index (χ1) is 7.69. The van der Waals surface area contributed by atoms with Gasteiger partial charge in [0.15, 0.2) is 0 Å². The minimum atomic E-state index is -0.129. The zero-order valence-electron chi connectivity index (χ0n) is 9.35. The molecule has 1 unspecified atom stereocenters. The summed E-state index contributed by atoms with van der Waals surface area (Å²) in [5.74, 6) is 0. The van der Waals surface area contributed by atoms with Gasteiger partial charge in [-0.05, 0) is 37.5 Å². The fourth-order valence-corrected chi connectivity index (χ4v) is 2.05. The van der Waals surface area contributed by atoms with Crippen molar-refractivity contribution in [2.24, 2.45) is 0 Å². The monoisotopic (exact) mass is 216 g/mol. The van der Waals surface area contributed by atoms with Crippen LogP contribution in [0.3, 0.4) is 0 Å². The van der Waals surface area contributed by atoms with Crippen LogP contribution >= 0.6 is 0 Å². The Morgan fingerprint density at radius 1 is 1.50 bits per heavy atom. The molecule has 1 aliphatic carbocycles. The lowest BCUT2D eigenvalue weighted by Gasteiger charge is -2.34. The Hall–Kier alpha value is -1.37. The van der Waals surface area contributed by atoms with Gasteiger partial charge in [-0.1, -0.05) is 12.1 Å². The average molecular weight is 216 g/mol. The standard InChI is InChI=1S/C13H16N2O/c1-9(15-12-6-13(16)7-12)11-4-2-3-10(5-11)8-14/h2-5,9,12-13,15-16H,6-7H2,1H3. The molecule has 2 rings (SSSR count). The summed E-state index contributed by atoms with van der Waals surface area (Å²) >= 11 is 0. The normalized spacial score (nSPS) is 25.6. The van der Waals surface area contributed by atoms with Crippen molar-refractivity contribution in [3.8, 4) is 6.07 Å². The number of hydrogen-bond donors (Lipinski definition) is 2. The molecule has 0 radical (unpaired) electrons. The fraction of sp³-hybridized carbons (Fsp3) is 0.462. The van der Waals surface area contributed by atoms with Crippen LogP contribution in [0.1, 0.15) is 36.9 Å². The quantitative estimate of drug-likeness (QED) is 0.809. The van der Waals surface area contributed by atoms with Gasteiger partial charge in [0, 0.05) is 12.1 Å². The lowest BCUT2D eigenvalue weighted by Crippen LogP contribution is -2.45. The number of benzene rings is 1. The maximum absolute atomic E-state index is 9.20. The van der Waals surface area contributed by atoms with Crippen molar-refractivity contribution in [2.75, 3.05) is 0 Å². The van der Waals surface area contributed by atoms with E-state index in [0.717, 1.165) is 18.4 Å². The third kappa shape index (κ3) is 2.41. The van der Waals surface area contributed by atoms with Gasteiger partial charge in [-0.25, -0.2) is 0 Å². The van der Waals surface area contributed by atoms with E-state index >= 15 is 0 Å². The summed E-state index contributed by atoms with van der Waals surface area (Å²) in [5.41, 5.74) is 1.82. The van der Waals surface area contributed by atoms with E-state index in [1.165, 1.54) is 0 Å². The largest absolute Gasteiger partial charge is 0.393 e. The summed E-state index contributed by atoms with van der Waals surface area (Å²) in [5, 5.41) is 21.5. The van der Waals surface area contributed by atoms with Crippen molar-refractivity contribution in [3.63, 3.8) is 0 Å². The lowest BCUT2D eigenvalue weighted by atomic mass is 9.88. The highest BCUT2D eigenvalue weighted by molar-refractivity contribution is 5.34. The third-order valence-electron chi connectivity index (χ3n) is 3.11. The summed E-state index contributed by atoms with van der Waals surface area (Å²) in [6, 6.07) is 10.4. The summed E-state index contributed by atoms with van der Waals surface area (Å²) < 4.78 is 0.